The van der Waals surface area contributed by atoms with Gasteiger partial charge in [-0.2, -0.15) is 0 Å². The van der Waals surface area contributed by atoms with Gasteiger partial charge in [0.15, 0.2) is 11.5 Å². The SMILES string of the molecule is CCC(CC)(Pc1c(C)cccc1C=NC)c1cccc(OC)c1OCc1ccccc1. The summed E-state index contributed by atoms with van der Waals surface area (Å²) in [6.07, 6.45) is 3.99. The first-order chi connectivity index (χ1) is 15.6. The number of rotatable bonds is 10. The Morgan fingerprint density at radius 1 is 0.938 bits per heavy atom. The standard InChI is InChI=1S/C28H34NO2P/c1-6-28(7-2,32-27-21(3)13-11-16-23(27)19-29-4)24-17-12-18-25(30-5)26(24)31-20-22-14-9-8-10-15-22/h8-19,32H,6-7,20H2,1-5H3. The van der Waals surface area contributed by atoms with Crippen LogP contribution in [0.5, 0.6) is 11.5 Å². The quantitative estimate of drug-likeness (QED) is 0.257. The van der Waals surface area contributed by atoms with Gasteiger partial charge in [0.25, 0.3) is 0 Å². The number of aryl methyl sites for hydroxylation is 1. The molecule has 0 bridgehead atoms. The Labute approximate surface area is 194 Å². The van der Waals surface area contributed by atoms with Gasteiger partial charge in [0.1, 0.15) is 6.61 Å². The van der Waals surface area contributed by atoms with Crippen LogP contribution in [-0.4, -0.2) is 20.4 Å². The van der Waals surface area contributed by atoms with Gasteiger partial charge in [0.05, 0.1) is 7.11 Å². The third kappa shape index (κ3) is 5.22. The van der Waals surface area contributed by atoms with Crippen molar-refractivity contribution < 1.29 is 9.47 Å². The van der Waals surface area contributed by atoms with Crippen molar-refractivity contribution in [3.8, 4) is 11.5 Å². The highest BCUT2D eigenvalue weighted by atomic mass is 31.1. The molecule has 0 aliphatic rings. The van der Waals surface area contributed by atoms with Crippen LogP contribution in [0.2, 0.25) is 0 Å². The molecule has 0 heterocycles. The summed E-state index contributed by atoms with van der Waals surface area (Å²) in [5.74, 6) is 1.64. The normalized spacial score (nSPS) is 12.0. The second kappa shape index (κ2) is 11.3. The molecule has 0 saturated carbocycles. The van der Waals surface area contributed by atoms with Crippen molar-refractivity contribution >= 4 is 20.1 Å². The highest BCUT2D eigenvalue weighted by Crippen LogP contribution is 2.52. The number of hydrogen-bond acceptors (Lipinski definition) is 3. The van der Waals surface area contributed by atoms with Crippen LogP contribution < -0.4 is 14.8 Å². The molecule has 0 radical (unpaired) electrons. The maximum Gasteiger partial charge on any atom is 0.165 e. The zero-order valence-electron chi connectivity index (χ0n) is 19.8. The van der Waals surface area contributed by atoms with Crippen molar-refractivity contribution in [1.82, 2.24) is 0 Å². The van der Waals surface area contributed by atoms with Crippen molar-refractivity contribution in [3.63, 3.8) is 0 Å². The zero-order valence-corrected chi connectivity index (χ0v) is 20.8. The molecular weight excluding hydrogens is 413 g/mol. The molecule has 0 spiro atoms. The number of nitrogens with zero attached hydrogens (tertiary/aromatic N) is 1. The van der Waals surface area contributed by atoms with Crippen LogP contribution in [0.25, 0.3) is 0 Å². The third-order valence-electron chi connectivity index (χ3n) is 6.08. The lowest BCUT2D eigenvalue weighted by atomic mass is 9.91. The van der Waals surface area contributed by atoms with Gasteiger partial charge in [-0.05, 0) is 47.8 Å². The molecule has 3 rings (SSSR count). The predicted molar refractivity (Wildman–Crippen MR) is 139 cm³/mol. The van der Waals surface area contributed by atoms with E-state index in [0.29, 0.717) is 15.2 Å². The van der Waals surface area contributed by atoms with E-state index in [-0.39, 0.29) is 5.16 Å². The van der Waals surface area contributed by atoms with E-state index in [1.165, 1.54) is 22.0 Å². The van der Waals surface area contributed by atoms with Gasteiger partial charge in [0, 0.05) is 24.0 Å². The molecule has 0 aromatic heterocycles. The van der Waals surface area contributed by atoms with Gasteiger partial charge in [-0.3, -0.25) is 4.99 Å². The van der Waals surface area contributed by atoms with Crippen molar-refractivity contribution in [1.29, 1.82) is 0 Å². The molecule has 32 heavy (non-hydrogen) atoms. The lowest BCUT2D eigenvalue weighted by Crippen LogP contribution is -2.25. The third-order valence-corrected chi connectivity index (χ3v) is 8.47. The molecule has 0 aliphatic heterocycles. The first kappa shape index (κ1) is 24.0. The van der Waals surface area contributed by atoms with Gasteiger partial charge in [-0.25, -0.2) is 0 Å². The topological polar surface area (TPSA) is 30.8 Å². The summed E-state index contributed by atoms with van der Waals surface area (Å²) >= 11 is 0. The highest BCUT2D eigenvalue weighted by molar-refractivity contribution is 7.49. The summed E-state index contributed by atoms with van der Waals surface area (Å²) in [6.45, 7) is 7.27. The summed E-state index contributed by atoms with van der Waals surface area (Å²) in [7, 11) is 4.14. The first-order valence-electron chi connectivity index (χ1n) is 11.2. The molecule has 1 atom stereocenters. The Morgan fingerprint density at radius 3 is 2.31 bits per heavy atom. The van der Waals surface area contributed by atoms with Crippen LogP contribution >= 0.6 is 8.58 Å². The van der Waals surface area contributed by atoms with Crippen LogP contribution in [-0.2, 0) is 11.8 Å². The lowest BCUT2D eigenvalue weighted by molar-refractivity contribution is 0.277. The Morgan fingerprint density at radius 2 is 1.66 bits per heavy atom. The lowest BCUT2D eigenvalue weighted by Gasteiger charge is -2.35. The van der Waals surface area contributed by atoms with E-state index in [4.69, 9.17) is 9.47 Å². The van der Waals surface area contributed by atoms with Crippen LogP contribution in [0, 0.1) is 6.92 Å². The molecule has 0 amide bonds. The molecule has 1 unspecified atom stereocenters. The van der Waals surface area contributed by atoms with Crippen LogP contribution in [0.4, 0.5) is 0 Å². The van der Waals surface area contributed by atoms with Crippen molar-refractivity contribution in [2.75, 3.05) is 14.2 Å². The first-order valence-corrected chi connectivity index (χ1v) is 12.2. The van der Waals surface area contributed by atoms with Crippen molar-refractivity contribution in [2.24, 2.45) is 4.99 Å². The summed E-state index contributed by atoms with van der Waals surface area (Å²) in [5.41, 5.74) is 4.87. The second-order valence-electron chi connectivity index (χ2n) is 7.95. The largest absolute Gasteiger partial charge is 0.493 e. The van der Waals surface area contributed by atoms with Crippen LogP contribution in [0.3, 0.4) is 0 Å². The smallest absolute Gasteiger partial charge is 0.165 e. The minimum Gasteiger partial charge on any atom is -0.493 e. The van der Waals surface area contributed by atoms with E-state index in [1.54, 1.807) is 7.11 Å². The Balaban J connectivity index is 2.08. The number of methoxy groups -OCH3 is 1. The number of para-hydroxylation sites is 1. The van der Waals surface area contributed by atoms with Gasteiger partial charge in [-0.1, -0.05) is 83.1 Å². The Bertz CT molecular complexity index is 1040. The van der Waals surface area contributed by atoms with E-state index in [0.717, 1.165) is 29.9 Å². The minimum absolute atomic E-state index is 0.0526. The Kier molecular flexibility index (Phi) is 8.47. The molecule has 0 N–H and O–H groups in total. The molecule has 0 saturated heterocycles. The van der Waals surface area contributed by atoms with Crippen molar-refractivity contribution in [2.45, 2.75) is 45.4 Å². The number of aliphatic imine (C=N–C) groups is 1. The fourth-order valence-electron chi connectivity index (χ4n) is 4.15. The van der Waals surface area contributed by atoms with Crippen molar-refractivity contribution in [3.05, 3.63) is 89.0 Å². The maximum atomic E-state index is 6.45. The highest BCUT2D eigenvalue weighted by Gasteiger charge is 2.34. The second-order valence-corrected chi connectivity index (χ2v) is 9.66. The summed E-state index contributed by atoms with van der Waals surface area (Å²) in [5, 5.41) is 1.32. The predicted octanol–water partition coefficient (Wildman–Crippen LogP) is 6.65. The monoisotopic (exact) mass is 447 g/mol. The average Bonchev–Trinajstić information content (AvgIpc) is 2.83. The molecule has 168 valence electrons. The molecule has 3 aromatic rings. The summed E-state index contributed by atoms with van der Waals surface area (Å²) in [4.78, 5) is 4.30. The van der Waals surface area contributed by atoms with E-state index >= 15 is 0 Å². The minimum atomic E-state index is -0.0526. The van der Waals surface area contributed by atoms with Gasteiger partial charge in [-0.15, -0.1) is 0 Å². The summed E-state index contributed by atoms with van der Waals surface area (Å²) in [6, 6.07) is 23.1. The van der Waals surface area contributed by atoms with E-state index in [9.17, 15) is 0 Å². The number of benzene rings is 3. The maximum absolute atomic E-state index is 6.45. The van der Waals surface area contributed by atoms with Gasteiger partial charge >= 0.3 is 0 Å². The van der Waals surface area contributed by atoms with E-state index in [1.807, 2.05) is 37.5 Å². The number of hydrogen-bond donors (Lipinski definition) is 0. The molecule has 0 aliphatic carbocycles. The zero-order chi connectivity index (χ0) is 23.0. The summed E-state index contributed by atoms with van der Waals surface area (Å²) < 4.78 is 12.2. The average molecular weight is 448 g/mol. The molecule has 3 nitrogen and oxygen atoms in total. The molecule has 3 aromatic carbocycles. The van der Waals surface area contributed by atoms with Crippen LogP contribution in [0.15, 0.2) is 71.7 Å². The van der Waals surface area contributed by atoms with Crippen LogP contribution in [0.1, 0.15) is 48.9 Å². The molecular formula is C28H34NO2P. The van der Waals surface area contributed by atoms with Gasteiger partial charge < -0.3 is 9.47 Å². The Hall–Kier alpha value is -2.64. The molecule has 4 heteroatoms. The van der Waals surface area contributed by atoms with E-state index in [2.05, 4.69) is 68.2 Å². The van der Waals surface area contributed by atoms with E-state index < -0.39 is 0 Å². The number of ether oxygens (including phenoxy) is 2. The van der Waals surface area contributed by atoms with Gasteiger partial charge in [0.2, 0.25) is 0 Å². The molecule has 0 fully saturated rings. The fraction of sp³-hybridized carbons (Fsp3) is 0.321. The fourth-order valence-corrected chi connectivity index (χ4v) is 5.89.